The maximum absolute atomic E-state index is 6.75. The van der Waals surface area contributed by atoms with Crippen LogP contribution >= 0.6 is 0 Å². The second-order valence-corrected chi connectivity index (χ2v) is 13.5. The third kappa shape index (κ3) is 3.59. The van der Waals surface area contributed by atoms with Gasteiger partial charge in [0.2, 0.25) is 0 Å². The standard InChI is InChI=1S/C20H32N2OSi/c1-20(2,3)24(4,5)23-17-14-18(16-10-7-6-8-11-16)22(15-17)19-12-9-13-21-19/h6-8,10-11,17-18H,9,12-15H2,1-5H3/t17-,18?/m1/s1. The van der Waals surface area contributed by atoms with Crippen molar-refractivity contribution >= 4 is 14.2 Å². The topological polar surface area (TPSA) is 24.8 Å². The van der Waals surface area contributed by atoms with Gasteiger partial charge in [-0.25, -0.2) is 0 Å². The molecule has 2 aliphatic rings. The van der Waals surface area contributed by atoms with Crippen LogP contribution in [0, 0.1) is 0 Å². The van der Waals surface area contributed by atoms with E-state index >= 15 is 0 Å². The fourth-order valence-electron chi connectivity index (χ4n) is 3.51. The molecule has 0 bridgehead atoms. The summed E-state index contributed by atoms with van der Waals surface area (Å²) < 4.78 is 6.75. The third-order valence-electron chi connectivity index (χ3n) is 5.90. The average Bonchev–Trinajstić information content (AvgIpc) is 3.15. The molecule has 2 atom stereocenters. The molecule has 0 radical (unpaired) electrons. The zero-order valence-electron chi connectivity index (χ0n) is 15.9. The largest absolute Gasteiger partial charge is 0.412 e. The summed E-state index contributed by atoms with van der Waals surface area (Å²) in [5, 5.41) is 0.257. The van der Waals surface area contributed by atoms with Gasteiger partial charge < -0.3 is 9.33 Å². The number of rotatable bonds is 3. The Labute approximate surface area is 148 Å². The Hall–Kier alpha value is -1.13. The maximum atomic E-state index is 6.75. The van der Waals surface area contributed by atoms with Crippen LogP contribution in [0.1, 0.15) is 51.6 Å². The number of benzene rings is 1. The van der Waals surface area contributed by atoms with Crippen molar-refractivity contribution in [1.82, 2.24) is 4.90 Å². The molecular weight excluding hydrogens is 312 g/mol. The lowest BCUT2D eigenvalue weighted by Gasteiger charge is -2.38. The summed E-state index contributed by atoms with van der Waals surface area (Å²) in [6.07, 6.45) is 3.71. The zero-order valence-corrected chi connectivity index (χ0v) is 16.9. The molecule has 3 nitrogen and oxygen atoms in total. The average molecular weight is 345 g/mol. The van der Waals surface area contributed by atoms with Gasteiger partial charge in [-0.3, -0.25) is 4.99 Å². The second-order valence-electron chi connectivity index (χ2n) is 8.72. The Morgan fingerprint density at radius 2 is 1.88 bits per heavy atom. The number of likely N-dealkylation sites (tertiary alicyclic amines) is 1. The first-order valence-corrected chi connectivity index (χ1v) is 12.2. The molecule has 132 valence electrons. The molecule has 0 N–H and O–H groups in total. The smallest absolute Gasteiger partial charge is 0.192 e. The highest BCUT2D eigenvalue weighted by atomic mass is 28.4. The highest BCUT2D eigenvalue weighted by molar-refractivity contribution is 6.74. The number of aliphatic imine (C=N–C) groups is 1. The van der Waals surface area contributed by atoms with E-state index in [9.17, 15) is 0 Å². The van der Waals surface area contributed by atoms with Gasteiger partial charge in [0.1, 0.15) is 0 Å². The second kappa shape index (κ2) is 6.64. The molecule has 1 unspecified atom stereocenters. The lowest BCUT2D eigenvalue weighted by atomic mass is 10.0. The molecule has 2 aliphatic heterocycles. The van der Waals surface area contributed by atoms with Gasteiger partial charge in [0.05, 0.1) is 18.0 Å². The minimum absolute atomic E-state index is 0.257. The number of hydrogen-bond acceptors (Lipinski definition) is 3. The number of amidine groups is 1. The fraction of sp³-hybridized carbons (Fsp3) is 0.650. The highest BCUT2D eigenvalue weighted by Crippen LogP contribution is 2.41. The summed E-state index contributed by atoms with van der Waals surface area (Å²) in [4.78, 5) is 7.30. The molecule has 1 saturated heterocycles. The quantitative estimate of drug-likeness (QED) is 0.720. The van der Waals surface area contributed by atoms with Gasteiger partial charge in [-0.05, 0) is 36.5 Å². The zero-order chi connectivity index (χ0) is 17.4. The van der Waals surface area contributed by atoms with Gasteiger partial charge in [0, 0.05) is 19.5 Å². The SMILES string of the molecule is CC(C)(C)[Si](C)(C)O[C@@H]1CC(c2ccccc2)N(C2=NCCC2)C1. The molecule has 0 aromatic heterocycles. The van der Waals surface area contributed by atoms with Gasteiger partial charge in [-0.15, -0.1) is 0 Å². The van der Waals surface area contributed by atoms with Gasteiger partial charge in [0.15, 0.2) is 8.32 Å². The van der Waals surface area contributed by atoms with Crippen molar-refractivity contribution < 1.29 is 4.43 Å². The van der Waals surface area contributed by atoms with Gasteiger partial charge in [-0.1, -0.05) is 51.1 Å². The van der Waals surface area contributed by atoms with E-state index in [4.69, 9.17) is 9.42 Å². The molecular formula is C20H32N2OSi. The maximum Gasteiger partial charge on any atom is 0.192 e. The van der Waals surface area contributed by atoms with Gasteiger partial charge in [-0.2, -0.15) is 0 Å². The normalized spacial score (nSPS) is 25.2. The van der Waals surface area contributed by atoms with E-state index in [1.165, 1.54) is 17.8 Å². The summed E-state index contributed by atoms with van der Waals surface area (Å²) in [7, 11) is -1.74. The molecule has 1 aromatic rings. The predicted octanol–water partition coefficient (Wildman–Crippen LogP) is 5.02. The summed E-state index contributed by atoms with van der Waals surface area (Å²) in [6.45, 7) is 13.7. The van der Waals surface area contributed by atoms with Crippen LogP contribution < -0.4 is 0 Å². The van der Waals surface area contributed by atoms with Crippen LogP contribution in [0.3, 0.4) is 0 Å². The van der Waals surface area contributed by atoms with Crippen molar-refractivity contribution in [2.45, 2.75) is 70.3 Å². The van der Waals surface area contributed by atoms with Crippen LogP contribution in [0.5, 0.6) is 0 Å². The molecule has 2 heterocycles. The molecule has 1 aromatic carbocycles. The predicted molar refractivity (Wildman–Crippen MR) is 104 cm³/mol. The van der Waals surface area contributed by atoms with Crippen molar-refractivity contribution in [2.75, 3.05) is 13.1 Å². The summed E-state index contributed by atoms with van der Waals surface area (Å²) in [6, 6.07) is 11.3. The lowest BCUT2D eigenvalue weighted by molar-refractivity contribution is 0.192. The summed E-state index contributed by atoms with van der Waals surface area (Å²) >= 11 is 0. The van der Waals surface area contributed by atoms with Gasteiger partial charge in [0.25, 0.3) is 0 Å². The molecule has 4 heteroatoms. The van der Waals surface area contributed by atoms with Crippen molar-refractivity contribution in [3.63, 3.8) is 0 Å². The molecule has 0 saturated carbocycles. The van der Waals surface area contributed by atoms with E-state index in [2.05, 4.69) is 69.1 Å². The lowest BCUT2D eigenvalue weighted by Crippen LogP contribution is -2.44. The van der Waals surface area contributed by atoms with E-state index in [0.717, 1.165) is 25.9 Å². The van der Waals surface area contributed by atoms with E-state index in [0.29, 0.717) is 12.1 Å². The van der Waals surface area contributed by atoms with E-state index in [-0.39, 0.29) is 5.04 Å². The monoisotopic (exact) mass is 344 g/mol. The summed E-state index contributed by atoms with van der Waals surface area (Å²) in [5.74, 6) is 1.30. The van der Waals surface area contributed by atoms with Gasteiger partial charge >= 0.3 is 0 Å². The molecule has 0 aliphatic carbocycles. The number of hydrogen-bond donors (Lipinski definition) is 0. The van der Waals surface area contributed by atoms with Crippen LogP contribution in [0.25, 0.3) is 0 Å². The minimum Gasteiger partial charge on any atom is -0.412 e. The molecule has 24 heavy (non-hydrogen) atoms. The summed E-state index contributed by atoms with van der Waals surface area (Å²) in [5.41, 5.74) is 1.40. The van der Waals surface area contributed by atoms with Crippen LogP contribution in [-0.4, -0.2) is 38.2 Å². The van der Waals surface area contributed by atoms with Crippen molar-refractivity contribution in [3.05, 3.63) is 35.9 Å². The highest BCUT2D eigenvalue weighted by Gasteiger charge is 2.43. The van der Waals surface area contributed by atoms with Crippen molar-refractivity contribution in [2.24, 2.45) is 4.99 Å². The fourth-order valence-corrected chi connectivity index (χ4v) is 4.87. The molecule has 3 rings (SSSR count). The van der Waals surface area contributed by atoms with Crippen LogP contribution in [0.4, 0.5) is 0 Å². The van der Waals surface area contributed by atoms with Crippen molar-refractivity contribution in [3.8, 4) is 0 Å². The molecule has 1 fully saturated rings. The van der Waals surface area contributed by atoms with Crippen molar-refractivity contribution in [1.29, 1.82) is 0 Å². The Morgan fingerprint density at radius 3 is 2.46 bits per heavy atom. The van der Waals surface area contributed by atoms with Crippen LogP contribution in [0.15, 0.2) is 35.3 Å². The van der Waals surface area contributed by atoms with E-state index < -0.39 is 8.32 Å². The first-order valence-electron chi connectivity index (χ1n) is 9.31. The Balaban J connectivity index is 1.80. The first kappa shape index (κ1) is 17.7. The molecule has 0 amide bonds. The Kier molecular flexibility index (Phi) is 4.89. The Bertz CT molecular complexity index is 591. The Morgan fingerprint density at radius 1 is 1.17 bits per heavy atom. The third-order valence-corrected chi connectivity index (χ3v) is 10.4. The minimum atomic E-state index is -1.74. The van der Waals surface area contributed by atoms with E-state index in [1.807, 2.05) is 0 Å². The van der Waals surface area contributed by atoms with Crippen LogP contribution in [-0.2, 0) is 4.43 Å². The first-order chi connectivity index (χ1) is 11.3. The molecule has 0 spiro atoms. The number of nitrogens with zero attached hydrogens (tertiary/aromatic N) is 2. The van der Waals surface area contributed by atoms with E-state index in [1.54, 1.807) is 0 Å². The van der Waals surface area contributed by atoms with Crippen LogP contribution in [0.2, 0.25) is 18.1 Å².